The van der Waals surface area contributed by atoms with Crippen molar-refractivity contribution >= 4 is 5.97 Å². The van der Waals surface area contributed by atoms with Gasteiger partial charge in [0.1, 0.15) is 5.41 Å². The molecule has 3 heteroatoms. The zero-order chi connectivity index (χ0) is 11.6. The molecule has 1 saturated carbocycles. The van der Waals surface area contributed by atoms with Crippen LogP contribution >= 0.6 is 0 Å². The van der Waals surface area contributed by atoms with Gasteiger partial charge in [-0.15, -0.1) is 0 Å². The second-order valence-corrected chi connectivity index (χ2v) is 4.50. The molecule has 1 heterocycles. The molecule has 1 fully saturated rings. The summed E-state index contributed by atoms with van der Waals surface area (Å²) in [6.45, 7) is 2.07. The van der Waals surface area contributed by atoms with Crippen LogP contribution in [0.3, 0.4) is 0 Å². The summed E-state index contributed by atoms with van der Waals surface area (Å²) in [5.41, 5.74) is 1.19. The third-order valence-electron chi connectivity index (χ3n) is 3.59. The Hall–Kier alpha value is -1.38. The van der Waals surface area contributed by atoms with E-state index in [-0.39, 0.29) is 0 Å². The number of carboxylic acid groups (broad SMARTS) is 1. The van der Waals surface area contributed by atoms with Crippen LogP contribution in [-0.4, -0.2) is 16.1 Å². The van der Waals surface area contributed by atoms with Crippen molar-refractivity contribution in [3.05, 3.63) is 29.6 Å². The first-order valence-electron chi connectivity index (χ1n) is 5.88. The first-order chi connectivity index (χ1) is 7.69. The molecule has 0 aliphatic heterocycles. The van der Waals surface area contributed by atoms with E-state index in [1.54, 1.807) is 6.20 Å². The van der Waals surface area contributed by atoms with Gasteiger partial charge < -0.3 is 5.11 Å². The molecule has 2 rings (SSSR count). The van der Waals surface area contributed by atoms with Crippen LogP contribution in [0.2, 0.25) is 0 Å². The van der Waals surface area contributed by atoms with E-state index in [2.05, 4.69) is 11.9 Å². The summed E-state index contributed by atoms with van der Waals surface area (Å²) in [4.78, 5) is 15.8. The van der Waals surface area contributed by atoms with Crippen LogP contribution in [0, 0.1) is 0 Å². The number of pyridine rings is 1. The maximum absolute atomic E-state index is 11.5. The molecule has 0 unspecified atom stereocenters. The van der Waals surface area contributed by atoms with Crippen LogP contribution in [0.5, 0.6) is 0 Å². The highest BCUT2D eigenvalue weighted by molar-refractivity contribution is 5.81. The number of rotatable bonds is 3. The predicted molar refractivity (Wildman–Crippen MR) is 61.4 cm³/mol. The van der Waals surface area contributed by atoms with Gasteiger partial charge in [0.2, 0.25) is 0 Å². The van der Waals surface area contributed by atoms with Crippen molar-refractivity contribution in [3.8, 4) is 0 Å². The SMILES string of the molecule is CCc1ccnc(C2(C(=O)O)CCCC2)c1. The van der Waals surface area contributed by atoms with E-state index in [0.717, 1.165) is 43.4 Å². The lowest BCUT2D eigenvalue weighted by atomic mass is 9.82. The summed E-state index contributed by atoms with van der Waals surface area (Å²) in [7, 11) is 0. The first kappa shape index (κ1) is 11.1. The van der Waals surface area contributed by atoms with E-state index < -0.39 is 11.4 Å². The molecule has 0 radical (unpaired) electrons. The molecule has 1 aromatic rings. The van der Waals surface area contributed by atoms with Crippen LogP contribution < -0.4 is 0 Å². The molecule has 1 aliphatic carbocycles. The zero-order valence-corrected chi connectivity index (χ0v) is 9.57. The predicted octanol–water partition coefficient (Wildman–Crippen LogP) is 2.54. The summed E-state index contributed by atoms with van der Waals surface area (Å²) in [6, 6.07) is 3.91. The molecule has 0 spiro atoms. The second kappa shape index (κ2) is 4.24. The van der Waals surface area contributed by atoms with Gasteiger partial charge in [0.05, 0.1) is 5.69 Å². The van der Waals surface area contributed by atoms with Crippen molar-refractivity contribution < 1.29 is 9.90 Å². The molecular weight excluding hydrogens is 202 g/mol. The Bertz CT molecular complexity index is 395. The Balaban J connectivity index is 2.43. The minimum absolute atomic E-state index is 0.717. The fraction of sp³-hybridized carbons (Fsp3) is 0.538. The van der Waals surface area contributed by atoms with Gasteiger partial charge in [-0.2, -0.15) is 0 Å². The van der Waals surface area contributed by atoms with Gasteiger partial charge in [0, 0.05) is 6.20 Å². The van der Waals surface area contributed by atoms with E-state index in [1.807, 2.05) is 12.1 Å². The van der Waals surface area contributed by atoms with Crippen LogP contribution in [-0.2, 0) is 16.6 Å². The van der Waals surface area contributed by atoms with E-state index in [9.17, 15) is 9.90 Å². The topological polar surface area (TPSA) is 50.2 Å². The van der Waals surface area contributed by atoms with Crippen molar-refractivity contribution in [3.63, 3.8) is 0 Å². The molecule has 86 valence electrons. The number of nitrogens with zero attached hydrogens (tertiary/aromatic N) is 1. The van der Waals surface area contributed by atoms with E-state index >= 15 is 0 Å². The number of carbonyl (C=O) groups is 1. The van der Waals surface area contributed by atoms with E-state index in [0.29, 0.717) is 0 Å². The Morgan fingerprint density at radius 1 is 1.50 bits per heavy atom. The largest absolute Gasteiger partial charge is 0.481 e. The standard InChI is InChI=1S/C13H17NO2/c1-2-10-5-8-14-11(9-10)13(12(15)16)6-3-4-7-13/h5,8-9H,2-4,6-7H2,1H3,(H,15,16). The molecule has 0 atom stereocenters. The highest BCUT2D eigenvalue weighted by Gasteiger charge is 2.44. The lowest BCUT2D eigenvalue weighted by molar-refractivity contribution is -0.143. The summed E-state index contributed by atoms with van der Waals surface area (Å²) in [5, 5.41) is 9.44. The molecular formula is C13H17NO2. The zero-order valence-electron chi connectivity index (χ0n) is 9.57. The van der Waals surface area contributed by atoms with Crippen LogP contribution in [0.1, 0.15) is 43.9 Å². The maximum Gasteiger partial charge on any atom is 0.315 e. The van der Waals surface area contributed by atoms with Crippen LogP contribution in [0.25, 0.3) is 0 Å². The molecule has 1 aromatic heterocycles. The van der Waals surface area contributed by atoms with Crippen molar-refractivity contribution in [2.75, 3.05) is 0 Å². The van der Waals surface area contributed by atoms with Gasteiger partial charge in [-0.05, 0) is 37.0 Å². The minimum Gasteiger partial charge on any atom is -0.481 e. The molecule has 0 bridgehead atoms. The number of hydrogen-bond donors (Lipinski definition) is 1. The summed E-state index contributed by atoms with van der Waals surface area (Å²) in [6.07, 6.45) is 6.09. The highest BCUT2D eigenvalue weighted by Crippen LogP contribution is 2.40. The third-order valence-corrected chi connectivity index (χ3v) is 3.59. The lowest BCUT2D eigenvalue weighted by Crippen LogP contribution is -2.33. The third kappa shape index (κ3) is 1.70. The Kier molecular flexibility index (Phi) is 2.95. The Morgan fingerprint density at radius 2 is 2.19 bits per heavy atom. The van der Waals surface area contributed by atoms with E-state index in [4.69, 9.17) is 0 Å². The summed E-state index contributed by atoms with van der Waals surface area (Å²) < 4.78 is 0. The van der Waals surface area contributed by atoms with Crippen molar-refractivity contribution in [1.82, 2.24) is 4.98 Å². The molecule has 3 nitrogen and oxygen atoms in total. The number of aryl methyl sites for hydroxylation is 1. The molecule has 0 aromatic carbocycles. The monoisotopic (exact) mass is 219 g/mol. The van der Waals surface area contributed by atoms with Gasteiger partial charge in [-0.1, -0.05) is 19.8 Å². The summed E-state index contributed by atoms with van der Waals surface area (Å²) in [5.74, 6) is -0.717. The van der Waals surface area contributed by atoms with Gasteiger partial charge in [0.25, 0.3) is 0 Å². The average Bonchev–Trinajstić information content (AvgIpc) is 2.79. The number of hydrogen-bond acceptors (Lipinski definition) is 2. The molecule has 1 aliphatic rings. The molecule has 0 amide bonds. The lowest BCUT2D eigenvalue weighted by Gasteiger charge is -2.23. The van der Waals surface area contributed by atoms with Crippen molar-refractivity contribution in [2.45, 2.75) is 44.4 Å². The van der Waals surface area contributed by atoms with Crippen LogP contribution in [0.4, 0.5) is 0 Å². The number of aromatic nitrogens is 1. The fourth-order valence-electron chi connectivity index (χ4n) is 2.51. The summed E-state index contributed by atoms with van der Waals surface area (Å²) >= 11 is 0. The number of carboxylic acids is 1. The first-order valence-corrected chi connectivity index (χ1v) is 5.88. The maximum atomic E-state index is 11.5. The Labute approximate surface area is 95.5 Å². The van der Waals surface area contributed by atoms with Gasteiger partial charge in [-0.25, -0.2) is 0 Å². The Morgan fingerprint density at radius 3 is 2.75 bits per heavy atom. The molecule has 16 heavy (non-hydrogen) atoms. The smallest absolute Gasteiger partial charge is 0.315 e. The normalized spacial score (nSPS) is 18.6. The average molecular weight is 219 g/mol. The molecule has 0 saturated heterocycles. The van der Waals surface area contributed by atoms with Gasteiger partial charge in [-0.3, -0.25) is 9.78 Å². The molecule has 1 N–H and O–H groups in total. The number of aliphatic carboxylic acids is 1. The highest BCUT2D eigenvalue weighted by atomic mass is 16.4. The van der Waals surface area contributed by atoms with Crippen molar-refractivity contribution in [2.24, 2.45) is 0 Å². The van der Waals surface area contributed by atoms with Crippen molar-refractivity contribution in [1.29, 1.82) is 0 Å². The quantitative estimate of drug-likeness (QED) is 0.849. The van der Waals surface area contributed by atoms with Gasteiger partial charge >= 0.3 is 5.97 Å². The fourth-order valence-corrected chi connectivity index (χ4v) is 2.51. The van der Waals surface area contributed by atoms with Crippen LogP contribution in [0.15, 0.2) is 18.3 Å². The second-order valence-electron chi connectivity index (χ2n) is 4.50. The minimum atomic E-state index is -0.717. The van der Waals surface area contributed by atoms with Gasteiger partial charge in [0.15, 0.2) is 0 Å². The van der Waals surface area contributed by atoms with E-state index in [1.165, 1.54) is 0 Å².